The summed E-state index contributed by atoms with van der Waals surface area (Å²) in [5, 5.41) is 28.1. The average Bonchev–Trinajstić information content (AvgIpc) is 2.41. The van der Waals surface area contributed by atoms with Gasteiger partial charge in [0, 0.05) is 24.2 Å². The van der Waals surface area contributed by atoms with Crippen LogP contribution in [0.2, 0.25) is 0 Å². The molecule has 0 atom stereocenters. The quantitative estimate of drug-likeness (QED) is 0.622. The fraction of sp³-hybridized carbons (Fsp3) is 0.500. The van der Waals surface area contributed by atoms with E-state index in [0.717, 1.165) is 12.0 Å². The van der Waals surface area contributed by atoms with Crippen LogP contribution in [0.15, 0.2) is 12.1 Å². The Bertz CT molecular complexity index is 529. The van der Waals surface area contributed by atoms with Crippen molar-refractivity contribution in [3.63, 3.8) is 0 Å². The van der Waals surface area contributed by atoms with Crippen LogP contribution in [0.25, 0.3) is 0 Å². The number of carboxylic acid groups (broad SMARTS) is 2. The molecule has 7 heteroatoms. The molecule has 0 saturated heterocycles. The van der Waals surface area contributed by atoms with Crippen LogP contribution in [0.1, 0.15) is 23.6 Å². The molecule has 128 valence electrons. The van der Waals surface area contributed by atoms with E-state index < -0.39 is 11.9 Å². The van der Waals surface area contributed by atoms with Gasteiger partial charge in [0.05, 0.1) is 13.1 Å². The van der Waals surface area contributed by atoms with Crippen LogP contribution in [-0.2, 0) is 29.1 Å². The lowest BCUT2D eigenvalue weighted by atomic mass is 10.0. The van der Waals surface area contributed by atoms with Gasteiger partial charge in [-0.1, -0.05) is 19.1 Å². The summed E-state index contributed by atoms with van der Waals surface area (Å²) in [4.78, 5) is 24.7. The molecule has 23 heavy (non-hydrogen) atoms. The van der Waals surface area contributed by atoms with E-state index in [1.165, 1.54) is 0 Å². The number of aryl methyl sites for hydroxylation is 1. The molecule has 0 aliphatic heterocycles. The summed E-state index contributed by atoms with van der Waals surface area (Å²) >= 11 is 0. The minimum atomic E-state index is -0.931. The number of likely N-dealkylation sites (N-methyl/N-ethyl adjacent to an activating group) is 2. The van der Waals surface area contributed by atoms with Crippen LogP contribution in [0.3, 0.4) is 0 Å². The van der Waals surface area contributed by atoms with Gasteiger partial charge in [0.2, 0.25) is 0 Å². The molecule has 0 unspecified atom stereocenters. The summed E-state index contributed by atoms with van der Waals surface area (Å²) in [6.45, 7) is 2.36. The number of aromatic hydroxyl groups is 1. The Labute approximate surface area is 135 Å². The van der Waals surface area contributed by atoms with Crippen molar-refractivity contribution in [1.29, 1.82) is 0 Å². The fourth-order valence-corrected chi connectivity index (χ4v) is 2.43. The van der Waals surface area contributed by atoms with Crippen LogP contribution in [0, 0.1) is 0 Å². The van der Waals surface area contributed by atoms with Crippen molar-refractivity contribution in [2.24, 2.45) is 0 Å². The number of phenolic OH excluding ortho intramolecular Hbond substituents is 1. The molecule has 0 heterocycles. The second-order valence-electron chi connectivity index (χ2n) is 5.75. The molecule has 1 aromatic carbocycles. The van der Waals surface area contributed by atoms with Gasteiger partial charge in [0.25, 0.3) is 0 Å². The molecular formula is C16H24N2O5. The van der Waals surface area contributed by atoms with E-state index in [2.05, 4.69) is 0 Å². The van der Waals surface area contributed by atoms with Gasteiger partial charge in [0.1, 0.15) is 5.75 Å². The molecule has 0 saturated carbocycles. The van der Waals surface area contributed by atoms with Crippen LogP contribution in [0.5, 0.6) is 5.75 Å². The normalized spacial score (nSPS) is 11.2. The Morgan fingerprint density at radius 1 is 0.957 bits per heavy atom. The van der Waals surface area contributed by atoms with Gasteiger partial charge in [-0.3, -0.25) is 19.4 Å². The molecule has 0 spiro atoms. The zero-order chi connectivity index (χ0) is 17.6. The monoisotopic (exact) mass is 324 g/mol. The number of aliphatic carboxylic acids is 2. The van der Waals surface area contributed by atoms with Crippen molar-refractivity contribution in [3.05, 3.63) is 28.8 Å². The summed E-state index contributed by atoms with van der Waals surface area (Å²) in [6.07, 6.45) is 0.769. The maximum atomic E-state index is 10.8. The fourth-order valence-electron chi connectivity index (χ4n) is 2.43. The number of hydrogen-bond donors (Lipinski definition) is 3. The van der Waals surface area contributed by atoms with E-state index in [9.17, 15) is 14.7 Å². The summed E-state index contributed by atoms with van der Waals surface area (Å²) in [6, 6.07) is 3.71. The van der Waals surface area contributed by atoms with Gasteiger partial charge < -0.3 is 15.3 Å². The third-order valence-electron chi connectivity index (χ3n) is 3.43. The van der Waals surface area contributed by atoms with Crippen LogP contribution in [-0.4, -0.2) is 64.2 Å². The third kappa shape index (κ3) is 6.25. The maximum Gasteiger partial charge on any atom is 0.317 e. The maximum absolute atomic E-state index is 10.8. The van der Waals surface area contributed by atoms with Gasteiger partial charge in [-0.2, -0.15) is 0 Å². The topological polar surface area (TPSA) is 101 Å². The SMILES string of the molecule is CCc1cc(CN(C)CC(=O)O)c(O)c(CN(C)CC(=O)O)c1. The molecule has 0 aliphatic rings. The van der Waals surface area contributed by atoms with E-state index in [4.69, 9.17) is 10.2 Å². The van der Waals surface area contributed by atoms with Gasteiger partial charge >= 0.3 is 11.9 Å². The zero-order valence-corrected chi connectivity index (χ0v) is 13.7. The number of carbonyl (C=O) groups is 2. The van der Waals surface area contributed by atoms with E-state index in [1.807, 2.05) is 19.1 Å². The molecule has 0 radical (unpaired) electrons. The largest absolute Gasteiger partial charge is 0.507 e. The molecule has 3 N–H and O–H groups in total. The molecule has 1 aromatic rings. The minimum absolute atomic E-state index is 0.0941. The number of phenols is 1. The Balaban J connectivity index is 3.00. The summed E-state index contributed by atoms with van der Waals surface area (Å²) in [7, 11) is 3.34. The van der Waals surface area contributed by atoms with Crippen LogP contribution < -0.4 is 0 Å². The van der Waals surface area contributed by atoms with Crippen molar-refractivity contribution in [3.8, 4) is 5.75 Å². The first-order chi connectivity index (χ1) is 10.7. The molecule has 0 aliphatic carbocycles. The van der Waals surface area contributed by atoms with Crippen molar-refractivity contribution >= 4 is 11.9 Å². The Morgan fingerprint density at radius 2 is 1.35 bits per heavy atom. The predicted molar refractivity (Wildman–Crippen MR) is 85.4 cm³/mol. The smallest absolute Gasteiger partial charge is 0.317 e. The molecule has 0 fully saturated rings. The number of rotatable bonds is 9. The van der Waals surface area contributed by atoms with Crippen molar-refractivity contribution in [2.45, 2.75) is 26.4 Å². The van der Waals surface area contributed by atoms with Crippen molar-refractivity contribution < 1.29 is 24.9 Å². The van der Waals surface area contributed by atoms with E-state index in [1.54, 1.807) is 23.9 Å². The van der Waals surface area contributed by atoms with E-state index in [0.29, 0.717) is 24.2 Å². The lowest BCUT2D eigenvalue weighted by Crippen LogP contribution is -2.26. The van der Waals surface area contributed by atoms with Crippen molar-refractivity contribution in [2.75, 3.05) is 27.2 Å². The molecule has 7 nitrogen and oxygen atoms in total. The van der Waals surface area contributed by atoms with Crippen molar-refractivity contribution in [1.82, 2.24) is 9.80 Å². The molecule has 1 rings (SSSR count). The molecule has 0 bridgehead atoms. The second kappa shape index (κ2) is 8.50. The highest BCUT2D eigenvalue weighted by atomic mass is 16.4. The Hall–Kier alpha value is -2.12. The second-order valence-corrected chi connectivity index (χ2v) is 5.75. The summed E-state index contributed by atoms with van der Waals surface area (Å²) in [5.74, 6) is -1.77. The van der Waals surface area contributed by atoms with Gasteiger partial charge in [-0.15, -0.1) is 0 Å². The minimum Gasteiger partial charge on any atom is -0.507 e. The first-order valence-corrected chi connectivity index (χ1v) is 7.37. The zero-order valence-electron chi connectivity index (χ0n) is 13.7. The molecular weight excluding hydrogens is 300 g/mol. The Morgan fingerprint density at radius 3 is 1.65 bits per heavy atom. The highest BCUT2D eigenvalue weighted by Gasteiger charge is 2.15. The number of hydrogen-bond acceptors (Lipinski definition) is 5. The third-order valence-corrected chi connectivity index (χ3v) is 3.43. The number of nitrogens with zero attached hydrogens (tertiary/aromatic N) is 2. The lowest BCUT2D eigenvalue weighted by molar-refractivity contribution is -0.139. The summed E-state index contributed by atoms with van der Waals surface area (Å²) < 4.78 is 0. The average molecular weight is 324 g/mol. The van der Waals surface area contributed by atoms with E-state index >= 15 is 0 Å². The van der Waals surface area contributed by atoms with Gasteiger partial charge in [-0.25, -0.2) is 0 Å². The number of carboxylic acids is 2. The highest BCUT2D eigenvalue weighted by Crippen LogP contribution is 2.27. The first kappa shape index (κ1) is 18.9. The number of benzene rings is 1. The van der Waals surface area contributed by atoms with Gasteiger partial charge in [-0.05, 0) is 26.1 Å². The molecule has 0 aromatic heterocycles. The predicted octanol–water partition coefficient (Wildman–Crippen LogP) is 0.987. The highest BCUT2D eigenvalue weighted by molar-refractivity contribution is 5.69. The first-order valence-electron chi connectivity index (χ1n) is 7.37. The lowest BCUT2D eigenvalue weighted by Gasteiger charge is -2.20. The van der Waals surface area contributed by atoms with Crippen LogP contribution in [0.4, 0.5) is 0 Å². The summed E-state index contributed by atoms with van der Waals surface area (Å²) in [5.41, 5.74) is 2.30. The van der Waals surface area contributed by atoms with Gasteiger partial charge in [0.15, 0.2) is 0 Å². The van der Waals surface area contributed by atoms with Crippen LogP contribution >= 0.6 is 0 Å². The standard InChI is InChI=1S/C16H24N2O5/c1-4-11-5-12(7-17(2)9-14(19)20)16(23)13(6-11)8-18(3)10-15(21)22/h5-6,23H,4,7-10H2,1-3H3,(H,19,20)(H,21,22). The van der Waals surface area contributed by atoms with E-state index in [-0.39, 0.29) is 18.8 Å². The Kier molecular flexibility index (Phi) is 6.99. The molecule has 0 amide bonds.